The van der Waals surface area contributed by atoms with Crippen LogP contribution >= 0.6 is 11.8 Å². The van der Waals surface area contributed by atoms with E-state index in [4.69, 9.17) is 6.42 Å². The summed E-state index contributed by atoms with van der Waals surface area (Å²) in [4.78, 5) is 21.0. The van der Waals surface area contributed by atoms with E-state index >= 15 is 0 Å². The first-order valence-corrected chi connectivity index (χ1v) is 9.35. The Balaban J connectivity index is 1.65. The topological polar surface area (TPSA) is 47.8 Å². The van der Waals surface area contributed by atoms with Gasteiger partial charge in [-0.15, -0.1) is 6.42 Å². The lowest BCUT2D eigenvalue weighted by molar-refractivity contribution is -0.116. The van der Waals surface area contributed by atoms with Gasteiger partial charge in [0.05, 0.1) is 17.6 Å². The van der Waals surface area contributed by atoms with E-state index in [0.29, 0.717) is 12.2 Å². The Morgan fingerprint density at radius 3 is 2.69 bits per heavy atom. The number of benzene rings is 1. The van der Waals surface area contributed by atoms with Crippen molar-refractivity contribution in [1.82, 2.24) is 14.5 Å². The number of carbonyl (C=O) groups is 1. The molecule has 2 aromatic heterocycles. The minimum Gasteiger partial charge on any atom is -0.319 e. The first-order valence-electron chi connectivity index (χ1n) is 8.37. The molecule has 5 heteroatoms. The second-order valence-electron chi connectivity index (χ2n) is 5.76. The molecule has 0 atom stereocenters. The van der Waals surface area contributed by atoms with Crippen molar-refractivity contribution in [3.8, 4) is 23.6 Å². The molecule has 1 aromatic carbocycles. The summed E-state index contributed by atoms with van der Waals surface area (Å²) < 4.78 is 2.11. The lowest BCUT2D eigenvalue weighted by Gasteiger charge is -2.09. The number of hydrogen-bond acceptors (Lipinski definition) is 4. The molecule has 4 nitrogen and oxygen atoms in total. The molecule has 0 aliphatic rings. The first-order chi connectivity index (χ1) is 12.7. The third kappa shape index (κ3) is 4.22. The molecule has 130 valence electrons. The number of terminal acetylenes is 1. The third-order valence-corrected chi connectivity index (χ3v) is 5.03. The van der Waals surface area contributed by atoms with Crippen molar-refractivity contribution in [2.45, 2.75) is 25.0 Å². The minimum absolute atomic E-state index is 0.164. The molecule has 3 aromatic rings. The summed E-state index contributed by atoms with van der Waals surface area (Å²) in [6.45, 7) is 2.86. The van der Waals surface area contributed by atoms with Gasteiger partial charge in [0, 0.05) is 36.5 Å². The predicted molar refractivity (Wildman–Crippen MR) is 105 cm³/mol. The monoisotopic (exact) mass is 361 g/mol. The Bertz CT molecular complexity index is 924. The number of thioether (sulfide) groups is 1. The summed E-state index contributed by atoms with van der Waals surface area (Å²) in [5.41, 5.74) is 3.84. The predicted octanol–water partition coefficient (Wildman–Crippen LogP) is 3.85. The molecule has 26 heavy (non-hydrogen) atoms. The molecule has 0 N–H and O–H groups in total. The van der Waals surface area contributed by atoms with Gasteiger partial charge >= 0.3 is 0 Å². The maximum atomic E-state index is 12.3. The number of hydrogen-bond donors (Lipinski definition) is 0. The molecule has 3 rings (SSSR count). The average molecular weight is 361 g/mol. The summed E-state index contributed by atoms with van der Waals surface area (Å²) in [7, 11) is 0. The highest BCUT2D eigenvalue weighted by atomic mass is 32.2. The zero-order valence-corrected chi connectivity index (χ0v) is 15.4. The molecule has 0 unspecified atom stereocenters. The number of aromatic nitrogens is 3. The van der Waals surface area contributed by atoms with Crippen LogP contribution in [0.3, 0.4) is 0 Å². The van der Waals surface area contributed by atoms with E-state index in [0.717, 1.165) is 34.1 Å². The Morgan fingerprint density at radius 2 is 2.04 bits per heavy atom. The number of nitrogens with zero attached hydrogens (tertiary/aromatic N) is 3. The van der Waals surface area contributed by atoms with Crippen LogP contribution in [0.5, 0.6) is 0 Å². The molecule has 0 bridgehead atoms. The van der Waals surface area contributed by atoms with Gasteiger partial charge < -0.3 is 4.57 Å². The van der Waals surface area contributed by atoms with Crippen molar-refractivity contribution in [3.63, 3.8) is 0 Å². The second kappa shape index (κ2) is 8.50. The standard InChI is InChI=1S/C21H19N3OS/c1-3-16-7-9-17(10-8-16)12-19(25)15-26-21-23-14-20(24(21)4-2)18-6-5-11-22-13-18/h1,5-11,13-14H,4,12,15H2,2H3. The summed E-state index contributed by atoms with van der Waals surface area (Å²) >= 11 is 1.47. The van der Waals surface area contributed by atoms with Crippen molar-refractivity contribution in [1.29, 1.82) is 0 Å². The largest absolute Gasteiger partial charge is 0.319 e. The van der Waals surface area contributed by atoms with Crippen LogP contribution in [0.4, 0.5) is 0 Å². The second-order valence-corrected chi connectivity index (χ2v) is 6.70. The van der Waals surface area contributed by atoms with Gasteiger partial charge in [-0.25, -0.2) is 4.98 Å². The van der Waals surface area contributed by atoms with Crippen LogP contribution in [0.1, 0.15) is 18.1 Å². The first kappa shape index (κ1) is 18.0. The van der Waals surface area contributed by atoms with Gasteiger partial charge in [0.15, 0.2) is 5.16 Å². The van der Waals surface area contributed by atoms with Crippen LogP contribution in [0.2, 0.25) is 0 Å². The van der Waals surface area contributed by atoms with Gasteiger partial charge in [0.25, 0.3) is 0 Å². The van der Waals surface area contributed by atoms with E-state index in [2.05, 4.69) is 27.4 Å². The number of ketones is 1. The number of pyridine rings is 1. The van der Waals surface area contributed by atoms with Crippen molar-refractivity contribution < 1.29 is 4.79 Å². The van der Waals surface area contributed by atoms with Gasteiger partial charge in [-0.2, -0.15) is 0 Å². The van der Waals surface area contributed by atoms with Crippen LogP contribution in [-0.2, 0) is 17.8 Å². The van der Waals surface area contributed by atoms with Crippen molar-refractivity contribution in [3.05, 3.63) is 66.1 Å². The zero-order chi connectivity index (χ0) is 18.4. The molecule has 2 heterocycles. The smallest absolute Gasteiger partial charge is 0.168 e. The van der Waals surface area contributed by atoms with Crippen LogP contribution in [0.15, 0.2) is 60.1 Å². The molecule has 0 amide bonds. The summed E-state index contributed by atoms with van der Waals surface area (Å²) in [5, 5.41) is 0.849. The average Bonchev–Trinajstić information content (AvgIpc) is 3.10. The lowest BCUT2D eigenvalue weighted by atomic mass is 10.1. The molecule has 0 radical (unpaired) electrons. The van der Waals surface area contributed by atoms with Gasteiger partial charge in [0.2, 0.25) is 0 Å². The van der Waals surface area contributed by atoms with E-state index < -0.39 is 0 Å². The molecule has 0 saturated heterocycles. The van der Waals surface area contributed by atoms with Gasteiger partial charge in [-0.3, -0.25) is 9.78 Å². The Labute approximate surface area is 157 Å². The Morgan fingerprint density at radius 1 is 1.23 bits per heavy atom. The molecule has 0 saturated carbocycles. The van der Waals surface area contributed by atoms with E-state index in [1.807, 2.05) is 48.8 Å². The maximum Gasteiger partial charge on any atom is 0.168 e. The molecular formula is C21H19N3OS. The zero-order valence-electron chi connectivity index (χ0n) is 14.6. The lowest BCUT2D eigenvalue weighted by Crippen LogP contribution is -2.07. The van der Waals surface area contributed by atoms with Crippen LogP contribution in [-0.4, -0.2) is 26.1 Å². The summed E-state index contributed by atoms with van der Waals surface area (Å²) in [5.74, 6) is 3.13. The van der Waals surface area contributed by atoms with Gasteiger partial charge in [-0.05, 0) is 36.8 Å². The van der Waals surface area contributed by atoms with E-state index in [1.165, 1.54) is 11.8 Å². The minimum atomic E-state index is 0.164. The fourth-order valence-electron chi connectivity index (χ4n) is 2.67. The number of rotatable bonds is 7. The number of Topliss-reactive ketones (excluding diaryl/α,β-unsaturated/α-hetero) is 1. The fourth-order valence-corrected chi connectivity index (χ4v) is 3.57. The molecule has 0 aliphatic heterocycles. The highest BCUT2D eigenvalue weighted by molar-refractivity contribution is 7.99. The number of imidazole rings is 1. The van der Waals surface area contributed by atoms with Crippen LogP contribution < -0.4 is 0 Å². The van der Waals surface area contributed by atoms with Crippen molar-refractivity contribution in [2.75, 3.05) is 5.75 Å². The third-order valence-electron chi connectivity index (χ3n) is 3.98. The quantitative estimate of drug-likeness (QED) is 0.474. The number of carbonyl (C=O) groups excluding carboxylic acids is 1. The van der Waals surface area contributed by atoms with Crippen LogP contribution in [0, 0.1) is 12.3 Å². The normalized spacial score (nSPS) is 10.5. The van der Waals surface area contributed by atoms with E-state index in [9.17, 15) is 4.79 Å². The molecule has 0 aliphatic carbocycles. The van der Waals surface area contributed by atoms with E-state index in [1.54, 1.807) is 6.20 Å². The van der Waals surface area contributed by atoms with Gasteiger partial charge in [-0.1, -0.05) is 29.8 Å². The van der Waals surface area contributed by atoms with Crippen LogP contribution in [0.25, 0.3) is 11.3 Å². The molecular weight excluding hydrogens is 342 g/mol. The Kier molecular flexibility index (Phi) is 5.88. The molecule has 0 spiro atoms. The fraction of sp³-hybridized carbons (Fsp3) is 0.190. The Hall–Kier alpha value is -2.84. The highest BCUT2D eigenvalue weighted by Gasteiger charge is 2.13. The van der Waals surface area contributed by atoms with E-state index in [-0.39, 0.29) is 5.78 Å². The molecule has 0 fully saturated rings. The SMILES string of the molecule is C#Cc1ccc(CC(=O)CSc2ncc(-c3cccnc3)n2CC)cc1. The summed E-state index contributed by atoms with van der Waals surface area (Å²) in [6.07, 6.45) is 11.2. The van der Waals surface area contributed by atoms with Gasteiger partial charge in [0.1, 0.15) is 5.78 Å². The maximum absolute atomic E-state index is 12.3. The highest BCUT2D eigenvalue weighted by Crippen LogP contribution is 2.25. The summed E-state index contributed by atoms with van der Waals surface area (Å²) in [6, 6.07) is 11.5. The van der Waals surface area contributed by atoms with Crippen molar-refractivity contribution >= 4 is 17.5 Å². The van der Waals surface area contributed by atoms with Crippen molar-refractivity contribution in [2.24, 2.45) is 0 Å².